The van der Waals surface area contributed by atoms with Crippen LogP contribution in [0.4, 0.5) is 0 Å². The number of rotatable bonds is 12. The van der Waals surface area contributed by atoms with Crippen molar-refractivity contribution >= 4 is 33.3 Å². The van der Waals surface area contributed by atoms with E-state index < -0.39 is 45.3 Å². The number of ether oxygens (including phenoxy) is 1. The largest absolute Gasteiger partial charge is 0.383 e. The number of amides is 2. The number of nitrogens with zero attached hydrogens (tertiary/aromatic N) is 1. The van der Waals surface area contributed by atoms with E-state index >= 15 is 0 Å². The van der Waals surface area contributed by atoms with Crippen molar-refractivity contribution in [2.75, 3.05) is 19.0 Å². The normalized spacial score (nSPS) is 16.4. The summed E-state index contributed by atoms with van der Waals surface area (Å²) in [5.74, 6) is -3.52. The van der Waals surface area contributed by atoms with E-state index in [1.165, 1.54) is 0 Å². The molecule has 1 fully saturated rings. The molecule has 2 amide bonds. The molecule has 204 valence electrons. The lowest BCUT2D eigenvalue weighted by Crippen LogP contribution is -2.56. The summed E-state index contributed by atoms with van der Waals surface area (Å²) in [4.78, 5) is 42.4. The highest BCUT2D eigenvalue weighted by atomic mass is 32.2. The van der Waals surface area contributed by atoms with Gasteiger partial charge in [-0.05, 0) is 24.8 Å². The van der Waals surface area contributed by atoms with Gasteiger partial charge >= 0.3 is 5.91 Å². The van der Waals surface area contributed by atoms with E-state index in [0.717, 1.165) is 0 Å². The Morgan fingerprint density at radius 3 is 2.21 bits per heavy atom. The third-order valence-electron chi connectivity index (χ3n) is 6.17. The number of sulfone groups is 1. The molecule has 3 rings (SSSR count). The fraction of sp³-hybridized carbons (Fsp3) is 0.407. The van der Waals surface area contributed by atoms with Crippen LogP contribution >= 0.6 is 0 Å². The quantitative estimate of drug-likeness (QED) is 0.205. The van der Waals surface area contributed by atoms with Gasteiger partial charge in [-0.1, -0.05) is 67.6 Å². The molecule has 0 bridgehead atoms. The van der Waals surface area contributed by atoms with E-state index in [0.29, 0.717) is 37.2 Å². The summed E-state index contributed by atoms with van der Waals surface area (Å²) in [5.41, 5.74) is 6.96. The lowest BCUT2D eigenvalue weighted by Gasteiger charge is -2.29. The van der Waals surface area contributed by atoms with Gasteiger partial charge in [-0.3, -0.25) is 14.4 Å². The van der Waals surface area contributed by atoms with Gasteiger partial charge in [0.05, 0.1) is 17.5 Å². The van der Waals surface area contributed by atoms with Crippen molar-refractivity contribution in [1.29, 1.82) is 0 Å². The van der Waals surface area contributed by atoms with E-state index in [2.05, 4.69) is 15.6 Å². The minimum atomic E-state index is -3.70. The second-order valence-electron chi connectivity index (χ2n) is 9.15. The molecule has 1 unspecified atom stereocenters. The van der Waals surface area contributed by atoms with Crippen LogP contribution in [0.15, 0.2) is 65.7 Å². The molecule has 1 heterocycles. The number of hydrogen-bond donors (Lipinski definition) is 3. The first-order valence-electron chi connectivity index (χ1n) is 12.5. The molecule has 0 aliphatic carbocycles. The van der Waals surface area contributed by atoms with Crippen molar-refractivity contribution in [3.63, 3.8) is 0 Å². The number of ketones is 1. The number of carbonyl (C=O) groups is 3. The fourth-order valence-corrected chi connectivity index (χ4v) is 5.68. The molecule has 11 heteroatoms. The van der Waals surface area contributed by atoms with Crippen LogP contribution in [0.3, 0.4) is 0 Å². The molecule has 0 spiro atoms. The molecule has 1 aliphatic heterocycles. The Morgan fingerprint density at radius 2 is 1.61 bits per heavy atom. The lowest BCUT2D eigenvalue weighted by molar-refractivity contribution is -0.138. The average molecular weight is 543 g/mol. The highest BCUT2D eigenvalue weighted by molar-refractivity contribution is 7.90. The summed E-state index contributed by atoms with van der Waals surface area (Å²) < 4.78 is 31.4. The highest BCUT2D eigenvalue weighted by Gasteiger charge is 2.32. The van der Waals surface area contributed by atoms with Crippen LogP contribution in [0.5, 0.6) is 0 Å². The summed E-state index contributed by atoms with van der Waals surface area (Å²) in [6.45, 7) is 2.62. The molecule has 1 saturated heterocycles. The second-order valence-corrected chi connectivity index (χ2v) is 11.3. The van der Waals surface area contributed by atoms with Crippen LogP contribution in [-0.4, -0.2) is 68.9 Å². The highest BCUT2D eigenvalue weighted by Crippen LogP contribution is 2.12. The van der Waals surface area contributed by atoms with Crippen LogP contribution in [0.2, 0.25) is 0 Å². The van der Waals surface area contributed by atoms with Crippen molar-refractivity contribution in [2.45, 2.75) is 50.1 Å². The van der Waals surface area contributed by atoms with E-state index in [-0.39, 0.29) is 24.1 Å². The number of hydrogen-bond acceptors (Lipinski definition) is 7. The molecule has 2 aromatic carbocycles. The fourth-order valence-electron chi connectivity index (χ4n) is 4.10. The Labute approximate surface area is 223 Å². The van der Waals surface area contributed by atoms with Crippen LogP contribution in [0.1, 0.15) is 37.3 Å². The third-order valence-corrected chi connectivity index (χ3v) is 7.78. The number of nitrogens with one attached hydrogen (secondary N) is 2. The Hall–Kier alpha value is -3.41. The number of carbonyl (C=O) groups excluding carboxylic acids is 3. The minimum absolute atomic E-state index is 0.109. The van der Waals surface area contributed by atoms with Gasteiger partial charge in [-0.15, -0.1) is 0 Å². The number of amidine groups is 1. The number of aliphatic imine (C=N–C) groups is 1. The van der Waals surface area contributed by atoms with E-state index in [4.69, 9.17) is 10.5 Å². The monoisotopic (exact) mass is 542 g/mol. The SMILES string of the molecule is CCC(NC(=O)[C@H](CS(=O)(=O)Cc1ccccc1)NC1CCOCC1)C(=O)C(=O)N=C(N)c1ccccc1. The molecule has 0 radical (unpaired) electrons. The van der Waals surface area contributed by atoms with Crippen LogP contribution in [0, 0.1) is 0 Å². The molecule has 4 N–H and O–H groups in total. The smallest absolute Gasteiger partial charge is 0.317 e. The predicted molar refractivity (Wildman–Crippen MR) is 144 cm³/mol. The zero-order chi connectivity index (χ0) is 27.5. The first-order valence-corrected chi connectivity index (χ1v) is 14.4. The molecular weight excluding hydrogens is 508 g/mol. The summed E-state index contributed by atoms with van der Waals surface area (Å²) in [6, 6.07) is 14.8. The zero-order valence-electron chi connectivity index (χ0n) is 21.3. The Morgan fingerprint density at radius 1 is 1.00 bits per heavy atom. The van der Waals surface area contributed by atoms with Crippen LogP contribution in [-0.2, 0) is 34.7 Å². The summed E-state index contributed by atoms with van der Waals surface area (Å²) in [5, 5.41) is 5.69. The van der Waals surface area contributed by atoms with Crippen molar-refractivity contribution in [3.05, 3.63) is 71.8 Å². The molecule has 0 aromatic heterocycles. The van der Waals surface area contributed by atoms with Crippen molar-refractivity contribution in [3.8, 4) is 0 Å². The standard InChI is InChI=1S/C27H34N4O6S/c1-2-22(24(32)27(34)31-25(28)20-11-7-4-8-12-20)30-26(33)23(29-21-13-15-37-16-14-21)18-38(35,36)17-19-9-5-3-6-10-19/h3-12,21-23,29H,2,13-18H2,1H3,(H,30,33)(H2,28,31,34)/t22?,23-/m0/s1. The van der Waals surface area contributed by atoms with Crippen LogP contribution < -0.4 is 16.4 Å². The minimum Gasteiger partial charge on any atom is -0.383 e. The van der Waals surface area contributed by atoms with Crippen LogP contribution in [0.25, 0.3) is 0 Å². The zero-order valence-corrected chi connectivity index (χ0v) is 22.2. The van der Waals surface area contributed by atoms with Gasteiger partial charge in [0.25, 0.3) is 0 Å². The summed E-state index contributed by atoms with van der Waals surface area (Å²) in [7, 11) is -3.70. The second kappa shape index (κ2) is 13.9. The average Bonchev–Trinajstić information content (AvgIpc) is 2.92. The maximum Gasteiger partial charge on any atom is 0.317 e. The predicted octanol–water partition coefficient (Wildman–Crippen LogP) is 1.13. The summed E-state index contributed by atoms with van der Waals surface area (Å²) >= 11 is 0. The Balaban J connectivity index is 1.73. The number of benzene rings is 2. The summed E-state index contributed by atoms with van der Waals surface area (Å²) in [6.07, 6.45) is 1.34. The van der Waals surface area contributed by atoms with Gasteiger partial charge in [0, 0.05) is 24.8 Å². The Kier molecular flexibility index (Phi) is 10.7. The lowest BCUT2D eigenvalue weighted by atomic mass is 10.1. The van der Waals surface area contributed by atoms with Crippen molar-refractivity contribution in [2.24, 2.45) is 10.7 Å². The molecule has 0 saturated carbocycles. The number of Topliss-reactive ketones (excluding diaryl/α,β-unsaturated/α-hetero) is 1. The first kappa shape index (κ1) is 29.2. The first-order chi connectivity index (χ1) is 18.2. The Bertz CT molecular complexity index is 1230. The van der Waals surface area contributed by atoms with Gasteiger partial charge in [-0.2, -0.15) is 4.99 Å². The van der Waals surface area contributed by atoms with Gasteiger partial charge in [0.15, 0.2) is 9.84 Å². The maximum atomic E-state index is 13.3. The van der Waals surface area contributed by atoms with E-state index in [9.17, 15) is 22.8 Å². The third kappa shape index (κ3) is 8.86. The molecule has 38 heavy (non-hydrogen) atoms. The number of nitrogens with two attached hydrogens (primary N) is 1. The topological polar surface area (TPSA) is 157 Å². The van der Waals surface area contributed by atoms with E-state index in [1.54, 1.807) is 67.6 Å². The van der Waals surface area contributed by atoms with E-state index in [1.807, 2.05) is 0 Å². The molecule has 10 nitrogen and oxygen atoms in total. The molecule has 2 atom stereocenters. The van der Waals surface area contributed by atoms with Crippen molar-refractivity contribution in [1.82, 2.24) is 10.6 Å². The van der Waals surface area contributed by atoms with Crippen molar-refractivity contribution < 1.29 is 27.5 Å². The van der Waals surface area contributed by atoms with Gasteiger partial charge in [-0.25, -0.2) is 8.42 Å². The molecular formula is C27H34N4O6S. The van der Waals surface area contributed by atoms with Gasteiger partial charge in [0.2, 0.25) is 11.7 Å². The maximum absolute atomic E-state index is 13.3. The van der Waals surface area contributed by atoms with Gasteiger partial charge < -0.3 is 21.1 Å². The molecule has 1 aliphatic rings. The van der Waals surface area contributed by atoms with Gasteiger partial charge in [0.1, 0.15) is 11.9 Å². The molecule has 2 aromatic rings.